The van der Waals surface area contributed by atoms with E-state index in [2.05, 4.69) is 19.9 Å². The molecule has 0 aliphatic heterocycles. The third kappa shape index (κ3) is 2.09. The van der Waals surface area contributed by atoms with Crippen molar-refractivity contribution in [3.05, 3.63) is 32.2 Å². The number of rotatable bonds is 0. The minimum absolute atomic E-state index is 0.140. The predicted molar refractivity (Wildman–Crippen MR) is 77.4 cm³/mol. The first-order valence-corrected chi connectivity index (χ1v) is 6.63. The van der Waals surface area contributed by atoms with E-state index in [0.717, 1.165) is 5.56 Å². The lowest BCUT2D eigenvalue weighted by Gasteiger charge is -2.07. The fourth-order valence-corrected chi connectivity index (χ4v) is 2.33. The van der Waals surface area contributed by atoms with Crippen molar-refractivity contribution in [1.29, 1.82) is 0 Å². The number of nitrogens with zero attached hydrogens (tertiary/aromatic N) is 4. The molecule has 0 saturated carbocycles. The second kappa shape index (κ2) is 4.56. The minimum atomic E-state index is 0.140. The molecule has 1 aromatic carbocycles. The summed E-state index contributed by atoms with van der Waals surface area (Å²) in [5.41, 5.74) is 3.13. The smallest absolute Gasteiger partial charge is 0.167 e. The van der Waals surface area contributed by atoms with Crippen LogP contribution >= 0.6 is 46.4 Å². The van der Waals surface area contributed by atoms with Crippen molar-refractivity contribution in [3.8, 4) is 0 Å². The normalized spacial score (nSPS) is 11.4. The summed E-state index contributed by atoms with van der Waals surface area (Å²) in [6, 6.07) is 1.70. The minimum Gasteiger partial charge on any atom is -0.231 e. The van der Waals surface area contributed by atoms with E-state index in [-0.39, 0.29) is 20.6 Å². The lowest BCUT2D eigenvalue weighted by Crippen LogP contribution is -1.95. The van der Waals surface area contributed by atoms with E-state index >= 15 is 0 Å². The largest absolute Gasteiger partial charge is 0.231 e. The Kier molecular flexibility index (Phi) is 3.14. The summed E-state index contributed by atoms with van der Waals surface area (Å²) in [6.45, 7) is 1.84. The van der Waals surface area contributed by atoms with Gasteiger partial charge >= 0.3 is 0 Å². The molecular formula is C11H4Cl4N4. The Hall–Kier alpha value is -0.940. The third-order valence-electron chi connectivity index (χ3n) is 2.67. The van der Waals surface area contributed by atoms with Gasteiger partial charge in [0.05, 0.1) is 22.1 Å². The van der Waals surface area contributed by atoms with E-state index in [0.29, 0.717) is 22.1 Å². The monoisotopic (exact) mass is 332 g/mol. The van der Waals surface area contributed by atoms with Crippen molar-refractivity contribution < 1.29 is 0 Å². The second-order valence-electron chi connectivity index (χ2n) is 3.85. The molecular weight excluding hydrogens is 330 g/mol. The molecule has 0 unspecified atom stereocenters. The number of aromatic nitrogens is 4. The zero-order valence-electron chi connectivity index (χ0n) is 9.38. The quantitative estimate of drug-likeness (QED) is 0.568. The van der Waals surface area contributed by atoms with Gasteiger partial charge in [-0.3, -0.25) is 0 Å². The van der Waals surface area contributed by atoms with Crippen LogP contribution in [0.1, 0.15) is 5.56 Å². The van der Waals surface area contributed by atoms with Crippen LogP contribution in [0.2, 0.25) is 20.6 Å². The van der Waals surface area contributed by atoms with Gasteiger partial charge in [0.15, 0.2) is 20.6 Å². The zero-order valence-corrected chi connectivity index (χ0v) is 12.4. The summed E-state index contributed by atoms with van der Waals surface area (Å²) in [5, 5.41) is 0.566. The molecule has 2 heterocycles. The van der Waals surface area contributed by atoms with Gasteiger partial charge in [0.2, 0.25) is 0 Å². The molecule has 3 aromatic rings. The topological polar surface area (TPSA) is 51.6 Å². The fourth-order valence-electron chi connectivity index (χ4n) is 1.81. The van der Waals surface area contributed by atoms with Gasteiger partial charge in [0.1, 0.15) is 0 Å². The molecule has 4 nitrogen and oxygen atoms in total. The van der Waals surface area contributed by atoms with Gasteiger partial charge in [0, 0.05) is 5.56 Å². The highest BCUT2D eigenvalue weighted by Gasteiger charge is 2.13. The number of fused-ring (bicyclic) bond motifs is 2. The molecule has 0 aliphatic rings. The maximum absolute atomic E-state index is 5.88. The summed E-state index contributed by atoms with van der Waals surface area (Å²) in [7, 11) is 0. The Balaban J connectivity index is 2.52. The number of hydrogen-bond donors (Lipinski definition) is 0. The Morgan fingerprint density at radius 1 is 0.684 bits per heavy atom. The van der Waals surface area contributed by atoms with Crippen LogP contribution in [0.15, 0.2) is 6.07 Å². The van der Waals surface area contributed by atoms with Crippen molar-refractivity contribution in [2.45, 2.75) is 6.92 Å². The summed E-state index contributed by atoms with van der Waals surface area (Å²) in [5.74, 6) is 0. The van der Waals surface area contributed by atoms with Crippen molar-refractivity contribution >= 4 is 68.5 Å². The van der Waals surface area contributed by atoms with Crippen LogP contribution in [0.5, 0.6) is 0 Å². The predicted octanol–water partition coefficient (Wildman–Crippen LogP) is 4.50. The number of hydrogen-bond acceptors (Lipinski definition) is 4. The zero-order chi connectivity index (χ0) is 13.7. The van der Waals surface area contributed by atoms with E-state index in [9.17, 15) is 0 Å². The van der Waals surface area contributed by atoms with E-state index in [1.807, 2.05) is 6.92 Å². The molecule has 0 amide bonds. The Labute approximate surface area is 127 Å². The molecule has 2 aromatic heterocycles. The average molecular weight is 334 g/mol. The Morgan fingerprint density at radius 3 is 1.47 bits per heavy atom. The summed E-state index contributed by atoms with van der Waals surface area (Å²) < 4.78 is 0. The van der Waals surface area contributed by atoms with Gasteiger partial charge in [-0.15, -0.1) is 0 Å². The first kappa shape index (κ1) is 13.1. The second-order valence-corrected chi connectivity index (χ2v) is 5.28. The molecule has 0 N–H and O–H groups in total. The van der Waals surface area contributed by atoms with E-state index < -0.39 is 0 Å². The van der Waals surface area contributed by atoms with Crippen LogP contribution < -0.4 is 0 Å². The standard InChI is InChI=1S/C11H4Cl4N4/c1-3-6-4(16-8(12)10(14)18-6)2-5-7(3)19-11(15)9(13)17-5/h2H,1H3. The molecule has 8 heteroatoms. The summed E-state index contributed by atoms with van der Waals surface area (Å²) in [6.07, 6.45) is 0. The first-order chi connectivity index (χ1) is 8.97. The number of aryl methyl sites for hydroxylation is 1. The molecule has 0 atom stereocenters. The van der Waals surface area contributed by atoms with Crippen molar-refractivity contribution in [2.24, 2.45) is 0 Å². The molecule has 0 radical (unpaired) electrons. The molecule has 0 bridgehead atoms. The van der Waals surface area contributed by atoms with Crippen LogP contribution in [0.25, 0.3) is 22.1 Å². The van der Waals surface area contributed by atoms with Crippen LogP contribution in [0.4, 0.5) is 0 Å². The highest BCUT2D eigenvalue weighted by molar-refractivity contribution is 6.41. The molecule has 0 spiro atoms. The van der Waals surface area contributed by atoms with Gasteiger partial charge in [-0.1, -0.05) is 46.4 Å². The molecule has 0 saturated heterocycles. The summed E-state index contributed by atoms with van der Waals surface area (Å²) in [4.78, 5) is 16.7. The molecule has 3 rings (SSSR count). The van der Waals surface area contributed by atoms with Crippen molar-refractivity contribution in [2.75, 3.05) is 0 Å². The SMILES string of the molecule is Cc1c2nc(Cl)c(Cl)nc2cc2nc(Cl)c(Cl)nc12. The highest BCUT2D eigenvalue weighted by Crippen LogP contribution is 2.29. The third-order valence-corrected chi connectivity index (χ3v) is 3.91. The molecule has 96 valence electrons. The van der Waals surface area contributed by atoms with Crippen molar-refractivity contribution in [3.63, 3.8) is 0 Å². The molecule has 0 fully saturated rings. The van der Waals surface area contributed by atoms with Crippen LogP contribution in [-0.4, -0.2) is 19.9 Å². The van der Waals surface area contributed by atoms with Crippen molar-refractivity contribution in [1.82, 2.24) is 19.9 Å². The number of benzene rings is 1. The first-order valence-electron chi connectivity index (χ1n) is 5.12. The Morgan fingerprint density at radius 2 is 1.05 bits per heavy atom. The van der Waals surface area contributed by atoms with Gasteiger partial charge < -0.3 is 0 Å². The van der Waals surface area contributed by atoms with Gasteiger partial charge in [-0.2, -0.15) is 0 Å². The van der Waals surface area contributed by atoms with Gasteiger partial charge in [-0.05, 0) is 13.0 Å². The van der Waals surface area contributed by atoms with Gasteiger partial charge in [-0.25, -0.2) is 19.9 Å². The van der Waals surface area contributed by atoms with Gasteiger partial charge in [0.25, 0.3) is 0 Å². The maximum Gasteiger partial charge on any atom is 0.167 e. The lowest BCUT2D eigenvalue weighted by molar-refractivity contribution is 1.24. The summed E-state index contributed by atoms with van der Waals surface area (Å²) >= 11 is 23.5. The fraction of sp³-hybridized carbons (Fsp3) is 0.0909. The van der Waals surface area contributed by atoms with Crippen LogP contribution in [0.3, 0.4) is 0 Å². The Bertz CT molecular complexity index is 768. The highest BCUT2D eigenvalue weighted by atomic mass is 35.5. The maximum atomic E-state index is 5.88. The van der Waals surface area contributed by atoms with E-state index in [1.165, 1.54) is 0 Å². The number of halogens is 4. The molecule has 19 heavy (non-hydrogen) atoms. The van der Waals surface area contributed by atoms with E-state index in [4.69, 9.17) is 46.4 Å². The molecule has 0 aliphatic carbocycles. The van der Waals surface area contributed by atoms with Crippen LogP contribution in [0, 0.1) is 6.92 Å². The van der Waals surface area contributed by atoms with Crippen LogP contribution in [-0.2, 0) is 0 Å². The lowest BCUT2D eigenvalue weighted by atomic mass is 10.1. The van der Waals surface area contributed by atoms with E-state index in [1.54, 1.807) is 6.07 Å². The average Bonchev–Trinajstić information content (AvgIpc) is 2.35.